The maximum atomic E-state index is 12.4. The van der Waals surface area contributed by atoms with Crippen molar-refractivity contribution in [3.63, 3.8) is 0 Å². The van der Waals surface area contributed by atoms with Crippen LogP contribution in [0.5, 0.6) is 17.2 Å². The van der Waals surface area contributed by atoms with Crippen molar-refractivity contribution in [3.8, 4) is 17.2 Å². The highest BCUT2D eigenvalue weighted by molar-refractivity contribution is 6.03. The number of carbonyl (C=O) groups is 2. The van der Waals surface area contributed by atoms with Crippen LogP contribution in [0, 0.1) is 0 Å². The van der Waals surface area contributed by atoms with Crippen molar-refractivity contribution in [1.82, 2.24) is 0 Å². The van der Waals surface area contributed by atoms with Crippen molar-refractivity contribution < 1.29 is 39.1 Å². The van der Waals surface area contributed by atoms with E-state index in [-0.39, 0.29) is 41.8 Å². The number of phenols is 1. The van der Waals surface area contributed by atoms with Gasteiger partial charge in [0.2, 0.25) is 0 Å². The summed E-state index contributed by atoms with van der Waals surface area (Å²) < 4.78 is 17.1. The van der Waals surface area contributed by atoms with Gasteiger partial charge in [0.1, 0.15) is 40.6 Å². The minimum Gasteiger partial charge on any atom is -0.507 e. The SMILES string of the molecule is CC1CC(=O)c2c(cc3c(c2O)CC(OC(=O)C(C)(O)C(C)O)C(C)(C)O3)O1. The summed E-state index contributed by atoms with van der Waals surface area (Å²) in [5, 5.41) is 30.5. The van der Waals surface area contributed by atoms with Gasteiger partial charge in [0, 0.05) is 24.5 Å². The molecule has 0 aliphatic carbocycles. The van der Waals surface area contributed by atoms with Gasteiger partial charge in [0.15, 0.2) is 11.4 Å². The van der Waals surface area contributed by atoms with Crippen molar-refractivity contribution in [3.05, 3.63) is 17.2 Å². The minimum atomic E-state index is -2.09. The van der Waals surface area contributed by atoms with Crippen LogP contribution in [0.25, 0.3) is 0 Å². The lowest BCUT2D eigenvalue weighted by molar-refractivity contribution is -0.189. The van der Waals surface area contributed by atoms with Gasteiger partial charge in [-0.05, 0) is 34.6 Å². The van der Waals surface area contributed by atoms with Gasteiger partial charge in [-0.2, -0.15) is 0 Å². The van der Waals surface area contributed by atoms with Crippen LogP contribution in [0.3, 0.4) is 0 Å². The zero-order valence-electron chi connectivity index (χ0n) is 16.6. The fourth-order valence-corrected chi connectivity index (χ4v) is 3.32. The molecule has 3 rings (SSSR count). The maximum Gasteiger partial charge on any atom is 0.340 e. The second kappa shape index (κ2) is 6.63. The number of hydrogen-bond acceptors (Lipinski definition) is 8. The fourth-order valence-electron chi connectivity index (χ4n) is 3.32. The summed E-state index contributed by atoms with van der Waals surface area (Å²) in [6, 6.07) is 1.57. The quantitative estimate of drug-likeness (QED) is 0.659. The average Bonchev–Trinajstić information content (AvgIpc) is 2.54. The summed E-state index contributed by atoms with van der Waals surface area (Å²) >= 11 is 0. The first-order chi connectivity index (χ1) is 12.8. The van der Waals surface area contributed by atoms with Crippen molar-refractivity contribution >= 4 is 11.8 Å². The molecule has 0 saturated heterocycles. The zero-order valence-corrected chi connectivity index (χ0v) is 16.6. The average molecular weight is 394 g/mol. The monoisotopic (exact) mass is 394 g/mol. The highest BCUT2D eigenvalue weighted by Crippen LogP contribution is 2.47. The number of carbonyl (C=O) groups excluding carboxylic acids is 2. The number of aromatic hydroxyl groups is 1. The van der Waals surface area contributed by atoms with Crippen molar-refractivity contribution in [2.45, 2.75) is 77.0 Å². The summed E-state index contributed by atoms with van der Waals surface area (Å²) in [5.74, 6) is -0.868. The Morgan fingerprint density at radius 1 is 1.36 bits per heavy atom. The summed E-state index contributed by atoms with van der Waals surface area (Å²) in [6.07, 6.45) is -2.27. The number of Topliss-reactive ketones (excluding diaryl/α,β-unsaturated/α-hetero) is 1. The molecule has 2 aliphatic heterocycles. The van der Waals surface area contributed by atoms with E-state index < -0.39 is 29.4 Å². The van der Waals surface area contributed by atoms with Crippen LogP contribution in [-0.2, 0) is 16.0 Å². The molecule has 0 bridgehead atoms. The third-order valence-electron chi connectivity index (χ3n) is 5.42. The molecule has 2 heterocycles. The van der Waals surface area contributed by atoms with Crippen molar-refractivity contribution in [1.29, 1.82) is 0 Å². The maximum absolute atomic E-state index is 12.4. The third-order valence-corrected chi connectivity index (χ3v) is 5.42. The number of aliphatic hydroxyl groups is 2. The molecule has 3 N–H and O–H groups in total. The Hall–Kier alpha value is -2.32. The second-order valence-corrected chi connectivity index (χ2v) is 8.26. The van der Waals surface area contributed by atoms with Crippen LogP contribution < -0.4 is 9.47 Å². The van der Waals surface area contributed by atoms with Gasteiger partial charge in [-0.1, -0.05) is 0 Å². The van der Waals surface area contributed by atoms with Gasteiger partial charge < -0.3 is 29.5 Å². The van der Waals surface area contributed by atoms with Crippen LogP contribution in [0.15, 0.2) is 6.07 Å². The van der Waals surface area contributed by atoms with Gasteiger partial charge >= 0.3 is 5.97 Å². The molecule has 8 heteroatoms. The Balaban J connectivity index is 1.96. The number of fused-ring (bicyclic) bond motifs is 2. The Morgan fingerprint density at radius 3 is 2.61 bits per heavy atom. The smallest absolute Gasteiger partial charge is 0.340 e. The summed E-state index contributed by atoms with van der Waals surface area (Å²) in [6.45, 7) is 7.62. The molecule has 0 radical (unpaired) electrons. The standard InChI is InChI=1S/C20H26O8/c1-9-6-12(22)16-14(26-9)8-13-11(17(16)23)7-15(19(3,4)28-13)27-18(24)20(5,25)10(2)21/h8-10,15,21,23,25H,6-7H2,1-5H3. The van der Waals surface area contributed by atoms with Crippen molar-refractivity contribution in [2.24, 2.45) is 0 Å². The normalized spacial score (nSPS) is 26.0. The Labute approximate surface area is 163 Å². The predicted octanol–water partition coefficient (Wildman–Crippen LogP) is 1.50. The van der Waals surface area contributed by atoms with E-state index in [0.29, 0.717) is 11.3 Å². The number of aliphatic hydroxyl groups excluding tert-OH is 1. The van der Waals surface area contributed by atoms with E-state index in [1.54, 1.807) is 26.8 Å². The van der Waals surface area contributed by atoms with E-state index in [1.165, 1.54) is 6.92 Å². The molecular weight excluding hydrogens is 368 g/mol. The molecule has 0 saturated carbocycles. The van der Waals surface area contributed by atoms with Crippen LogP contribution in [-0.4, -0.2) is 56.6 Å². The van der Waals surface area contributed by atoms with Gasteiger partial charge in [0.05, 0.1) is 6.10 Å². The van der Waals surface area contributed by atoms with Gasteiger partial charge in [0.25, 0.3) is 0 Å². The van der Waals surface area contributed by atoms with E-state index >= 15 is 0 Å². The Kier molecular flexibility index (Phi) is 4.84. The number of esters is 1. The summed E-state index contributed by atoms with van der Waals surface area (Å²) in [7, 11) is 0. The molecule has 1 aromatic carbocycles. The van der Waals surface area contributed by atoms with E-state index in [9.17, 15) is 24.9 Å². The third kappa shape index (κ3) is 3.31. The predicted molar refractivity (Wildman–Crippen MR) is 97.7 cm³/mol. The van der Waals surface area contributed by atoms with Crippen LogP contribution in [0.2, 0.25) is 0 Å². The molecule has 1 aromatic rings. The molecular formula is C20H26O8. The number of hydrogen-bond donors (Lipinski definition) is 3. The van der Waals surface area contributed by atoms with Crippen molar-refractivity contribution in [2.75, 3.05) is 0 Å². The number of ketones is 1. The molecule has 28 heavy (non-hydrogen) atoms. The number of benzene rings is 1. The van der Waals surface area contributed by atoms with Gasteiger partial charge in [-0.25, -0.2) is 4.79 Å². The topological polar surface area (TPSA) is 123 Å². The summed E-state index contributed by atoms with van der Waals surface area (Å²) in [4.78, 5) is 24.7. The molecule has 8 nitrogen and oxygen atoms in total. The Morgan fingerprint density at radius 2 is 2.00 bits per heavy atom. The second-order valence-electron chi connectivity index (χ2n) is 8.26. The number of ether oxygens (including phenoxy) is 3. The molecule has 154 valence electrons. The molecule has 4 atom stereocenters. The summed E-state index contributed by atoms with van der Waals surface area (Å²) in [5.41, 5.74) is -2.64. The molecule has 2 aliphatic rings. The number of phenolic OH excluding ortho intramolecular Hbond substituents is 1. The first kappa shape index (κ1) is 20.4. The van der Waals surface area contributed by atoms with Gasteiger partial charge in [-0.15, -0.1) is 0 Å². The first-order valence-electron chi connectivity index (χ1n) is 9.23. The lowest BCUT2D eigenvalue weighted by atomic mass is 9.87. The highest BCUT2D eigenvalue weighted by atomic mass is 16.6. The van der Waals surface area contributed by atoms with E-state index in [1.807, 2.05) is 0 Å². The molecule has 4 unspecified atom stereocenters. The van der Waals surface area contributed by atoms with E-state index in [0.717, 1.165) is 6.92 Å². The van der Waals surface area contributed by atoms with Crippen LogP contribution in [0.1, 0.15) is 57.0 Å². The van der Waals surface area contributed by atoms with Gasteiger partial charge in [-0.3, -0.25) is 4.79 Å². The van der Waals surface area contributed by atoms with E-state index in [4.69, 9.17) is 14.2 Å². The lowest BCUT2D eigenvalue weighted by Gasteiger charge is -2.41. The molecule has 0 fully saturated rings. The lowest BCUT2D eigenvalue weighted by Crippen LogP contribution is -2.54. The Bertz CT molecular complexity index is 824. The zero-order chi connectivity index (χ0) is 21.0. The number of rotatable bonds is 3. The fraction of sp³-hybridized carbons (Fsp3) is 0.600. The largest absolute Gasteiger partial charge is 0.507 e. The minimum absolute atomic E-state index is 0.0753. The molecule has 0 spiro atoms. The van der Waals surface area contributed by atoms with E-state index in [2.05, 4.69) is 0 Å². The van der Waals surface area contributed by atoms with Crippen LogP contribution in [0.4, 0.5) is 0 Å². The first-order valence-corrected chi connectivity index (χ1v) is 9.23. The molecule has 0 aromatic heterocycles. The molecule has 0 amide bonds. The van der Waals surface area contributed by atoms with Crippen LogP contribution >= 0.6 is 0 Å². The highest BCUT2D eigenvalue weighted by Gasteiger charge is 2.46.